The van der Waals surface area contributed by atoms with Crippen LogP contribution in [0.3, 0.4) is 0 Å². The molecule has 0 aliphatic heterocycles. The highest BCUT2D eigenvalue weighted by Crippen LogP contribution is 2.24. The van der Waals surface area contributed by atoms with E-state index in [-0.39, 0.29) is 6.10 Å². The van der Waals surface area contributed by atoms with Crippen LogP contribution in [0.15, 0.2) is 24.3 Å². The molecule has 0 spiro atoms. The number of aliphatic hydroxyl groups is 1. The van der Waals surface area contributed by atoms with Crippen LogP contribution >= 0.6 is 0 Å². The predicted molar refractivity (Wildman–Crippen MR) is 72.1 cm³/mol. The molecule has 1 aromatic carbocycles. The molecule has 1 aliphatic carbocycles. The number of benzene rings is 1. The van der Waals surface area contributed by atoms with E-state index in [9.17, 15) is 5.11 Å². The van der Waals surface area contributed by atoms with Gasteiger partial charge in [-0.1, -0.05) is 31.4 Å². The first-order valence-electron chi connectivity index (χ1n) is 6.77. The fraction of sp³-hybridized carbons (Fsp3) is 0.600. The summed E-state index contributed by atoms with van der Waals surface area (Å²) in [6.45, 7) is 2.89. The highest BCUT2D eigenvalue weighted by molar-refractivity contribution is 5.44. The van der Waals surface area contributed by atoms with Gasteiger partial charge in [-0.05, 0) is 43.4 Å². The number of rotatable bonds is 4. The van der Waals surface area contributed by atoms with Crippen molar-refractivity contribution in [2.45, 2.75) is 45.1 Å². The average Bonchev–Trinajstić information content (AvgIpc) is 2.38. The highest BCUT2D eigenvalue weighted by Gasteiger charge is 2.12. The maximum Gasteiger partial charge on any atom is 0.0761 e. The second kappa shape index (κ2) is 6.06. The lowest BCUT2D eigenvalue weighted by Gasteiger charge is -2.22. The molecule has 1 saturated carbocycles. The van der Waals surface area contributed by atoms with Crippen molar-refractivity contribution in [1.82, 2.24) is 0 Å². The van der Waals surface area contributed by atoms with Gasteiger partial charge in [-0.3, -0.25) is 0 Å². The summed E-state index contributed by atoms with van der Waals surface area (Å²) in [5, 5.41) is 12.9. The summed E-state index contributed by atoms with van der Waals surface area (Å²) in [6.07, 6.45) is 6.58. The molecular weight excluding hydrogens is 210 g/mol. The molecule has 0 bridgehead atoms. The SMILES string of the molecule is CC(O)c1ccc(NCC2CCCCC2)cc1. The second-order valence-electron chi connectivity index (χ2n) is 5.18. The van der Waals surface area contributed by atoms with Gasteiger partial charge >= 0.3 is 0 Å². The van der Waals surface area contributed by atoms with E-state index in [1.54, 1.807) is 6.92 Å². The molecule has 2 N–H and O–H groups in total. The Labute approximate surface area is 104 Å². The van der Waals surface area contributed by atoms with Gasteiger partial charge in [-0.15, -0.1) is 0 Å². The van der Waals surface area contributed by atoms with Crippen LogP contribution in [0.1, 0.15) is 50.7 Å². The Morgan fingerprint density at radius 1 is 1.18 bits per heavy atom. The minimum Gasteiger partial charge on any atom is -0.389 e. The molecule has 1 fully saturated rings. The van der Waals surface area contributed by atoms with Crippen LogP contribution in [0.25, 0.3) is 0 Å². The lowest BCUT2D eigenvalue weighted by Crippen LogP contribution is -2.17. The molecular formula is C15H23NO. The molecule has 94 valence electrons. The Kier molecular flexibility index (Phi) is 4.43. The highest BCUT2D eigenvalue weighted by atomic mass is 16.3. The van der Waals surface area contributed by atoms with Crippen molar-refractivity contribution in [1.29, 1.82) is 0 Å². The van der Waals surface area contributed by atoms with E-state index in [1.807, 2.05) is 12.1 Å². The average molecular weight is 233 g/mol. The first-order chi connectivity index (χ1) is 8.25. The fourth-order valence-corrected chi connectivity index (χ4v) is 2.53. The van der Waals surface area contributed by atoms with Gasteiger partial charge in [0.2, 0.25) is 0 Å². The molecule has 1 aliphatic rings. The van der Waals surface area contributed by atoms with Gasteiger partial charge in [0.1, 0.15) is 0 Å². The van der Waals surface area contributed by atoms with Crippen molar-refractivity contribution in [3.8, 4) is 0 Å². The first-order valence-corrected chi connectivity index (χ1v) is 6.77. The van der Waals surface area contributed by atoms with Gasteiger partial charge in [-0.25, -0.2) is 0 Å². The molecule has 2 rings (SSSR count). The number of hydrogen-bond acceptors (Lipinski definition) is 2. The Hall–Kier alpha value is -1.02. The summed E-state index contributed by atoms with van der Waals surface area (Å²) in [7, 11) is 0. The van der Waals surface area contributed by atoms with E-state index in [4.69, 9.17) is 0 Å². The largest absolute Gasteiger partial charge is 0.389 e. The maximum atomic E-state index is 9.43. The van der Waals surface area contributed by atoms with Gasteiger partial charge in [0.05, 0.1) is 6.10 Å². The molecule has 0 aromatic heterocycles. The fourth-order valence-electron chi connectivity index (χ4n) is 2.53. The van der Waals surface area contributed by atoms with Gasteiger partial charge in [0.15, 0.2) is 0 Å². The van der Waals surface area contributed by atoms with Crippen LogP contribution < -0.4 is 5.32 Å². The predicted octanol–water partition coefficient (Wildman–Crippen LogP) is 3.73. The number of nitrogens with one attached hydrogen (secondary N) is 1. The summed E-state index contributed by atoms with van der Waals surface area (Å²) in [4.78, 5) is 0. The van der Waals surface area contributed by atoms with Gasteiger partial charge in [0.25, 0.3) is 0 Å². The summed E-state index contributed by atoms with van der Waals surface area (Å²) < 4.78 is 0. The molecule has 2 nitrogen and oxygen atoms in total. The monoisotopic (exact) mass is 233 g/mol. The lowest BCUT2D eigenvalue weighted by atomic mass is 9.89. The zero-order valence-electron chi connectivity index (χ0n) is 10.7. The molecule has 2 heteroatoms. The summed E-state index contributed by atoms with van der Waals surface area (Å²) >= 11 is 0. The topological polar surface area (TPSA) is 32.3 Å². The van der Waals surface area contributed by atoms with Crippen LogP contribution in [0, 0.1) is 5.92 Å². The summed E-state index contributed by atoms with van der Waals surface area (Å²) in [5.74, 6) is 0.847. The van der Waals surface area contributed by atoms with Crippen molar-refractivity contribution in [3.63, 3.8) is 0 Å². The zero-order chi connectivity index (χ0) is 12.1. The molecule has 0 amide bonds. The quantitative estimate of drug-likeness (QED) is 0.830. The number of hydrogen-bond donors (Lipinski definition) is 2. The smallest absolute Gasteiger partial charge is 0.0761 e. The number of anilines is 1. The van der Waals surface area contributed by atoms with Crippen LogP contribution in [-0.2, 0) is 0 Å². The molecule has 0 saturated heterocycles. The lowest BCUT2D eigenvalue weighted by molar-refractivity contribution is 0.199. The molecule has 17 heavy (non-hydrogen) atoms. The van der Waals surface area contributed by atoms with E-state index >= 15 is 0 Å². The number of aliphatic hydroxyl groups excluding tert-OH is 1. The molecule has 1 aromatic rings. The summed E-state index contributed by atoms with van der Waals surface area (Å²) in [6, 6.07) is 8.11. The van der Waals surface area contributed by atoms with E-state index in [1.165, 1.54) is 37.8 Å². The van der Waals surface area contributed by atoms with Crippen LogP contribution in [0.2, 0.25) is 0 Å². The van der Waals surface area contributed by atoms with E-state index in [2.05, 4.69) is 17.4 Å². The Morgan fingerprint density at radius 3 is 2.41 bits per heavy atom. The van der Waals surface area contributed by atoms with Crippen molar-refractivity contribution >= 4 is 5.69 Å². The minimum atomic E-state index is -0.373. The Bertz CT molecular complexity index is 325. The minimum absolute atomic E-state index is 0.373. The van der Waals surface area contributed by atoms with Crippen LogP contribution in [0.5, 0.6) is 0 Å². The van der Waals surface area contributed by atoms with Gasteiger partial charge < -0.3 is 10.4 Å². The third-order valence-electron chi connectivity index (χ3n) is 3.71. The van der Waals surface area contributed by atoms with Gasteiger partial charge in [0, 0.05) is 12.2 Å². The van der Waals surface area contributed by atoms with E-state index in [0.717, 1.165) is 18.0 Å². The van der Waals surface area contributed by atoms with Crippen molar-refractivity contribution < 1.29 is 5.11 Å². The second-order valence-corrected chi connectivity index (χ2v) is 5.18. The van der Waals surface area contributed by atoms with Crippen LogP contribution in [0.4, 0.5) is 5.69 Å². The third-order valence-corrected chi connectivity index (χ3v) is 3.71. The molecule has 0 heterocycles. The summed E-state index contributed by atoms with van der Waals surface area (Å²) in [5.41, 5.74) is 2.15. The molecule has 0 radical (unpaired) electrons. The first kappa shape index (κ1) is 12.4. The van der Waals surface area contributed by atoms with Gasteiger partial charge in [-0.2, -0.15) is 0 Å². The zero-order valence-corrected chi connectivity index (χ0v) is 10.7. The standard InChI is InChI=1S/C15H23NO/c1-12(17)14-7-9-15(10-8-14)16-11-13-5-3-2-4-6-13/h7-10,12-13,16-17H,2-6,11H2,1H3. The third kappa shape index (κ3) is 3.74. The van der Waals surface area contributed by atoms with Crippen molar-refractivity contribution in [2.24, 2.45) is 5.92 Å². The van der Waals surface area contributed by atoms with E-state index in [0.29, 0.717) is 0 Å². The molecule has 1 atom stereocenters. The van der Waals surface area contributed by atoms with E-state index < -0.39 is 0 Å². The maximum absolute atomic E-state index is 9.43. The Morgan fingerprint density at radius 2 is 1.82 bits per heavy atom. The van der Waals surface area contributed by atoms with Crippen molar-refractivity contribution in [2.75, 3.05) is 11.9 Å². The molecule has 1 unspecified atom stereocenters. The normalized spacial score (nSPS) is 18.9. The van der Waals surface area contributed by atoms with Crippen LogP contribution in [-0.4, -0.2) is 11.7 Å². The Balaban J connectivity index is 1.82. The van der Waals surface area contributed by atoms with Crippen molar-refractivity contribution in [3.05, 3.63) is 29.8 Å².